The number of carbonyl (C=O) groups excluding carboxylic acids is 1. The summed E-state index contributed by atoms with van der Waals surface area (Å²) in [6.45, 7) is 15.0. The van der Waals surface area contributed by atoms with Gasteiger partial charge in [0.15, 0.2) is 5.84 Å². The van der Waals surface area contributed by atoms with Crippen molar-refractivity contribution in [3.8, 4) is 11.5 Å². The second-order valence-corrected chi connectivity index (χ2v) is 9.33. The van der Waals surface area contributed by atoms with Gasteiger partial charge in [-0.15, -0.1) is 0 Å². The smallest absolute Gasteiger partial charge is 0.310 e. The number of hydrogen-bond acceptors (Lipinski definition) is 7. The summed E-state index contributed by atoms with van der Waals surface area (Å²) in [6, 6.07) is 13.0. The lowest BCUT2D eigenvalue weighted by Gasteiger charge is -2.14. The summed E-state index contributed by atoms with van der Waals surface area (Å²) in [5, 5.41) is 17.2. The van der Waals surface area contributed by atoms with Crippen molar-refractivity contribution in [2.24, 2.45) is 10.9 Å². The zero-order valence-corrected chi connectivity index (χ0v) is 23.8. The van der Waals surface area contributed by atoms with Gasteiger partial charge in [-0.05, 0) is 58.4 Å². The maximum absolute atomic E-state index is 12.0. The Morgan fingerprint density at radius 3 is 2.52 bits per heavy atom. The zero-order chi connectivity index (χ0) is 29.2. The van der Waals surface area contributed by atoms with E-state index in [1.54, 1.807) is 13.0 Å². The number of ether oxygens (including phenoxy) is 3. The molecule has 0 atom stereocenters. The quantitative estimate of drug-likeness (QED) is 0.0707. The molecule has 0 fully saturated rings. The monoisotopic (exact) mass is 546 g/mol. The molecule has 0 saturated heterocycles. The van der Waals surface area contributed by atoms with E-state index in [1.165, 1.54) is 0 Å². The number of hydrogen-bond donors (Lipinski definition) is 2. The SMILES string of the molecule is C=C(/C=C\c1c(C)c(COc2ccccc2CC(=O)OCC)nn1C(C)C)c1cccc(C(N)=NO)c1OCC. The van der Waals surface area contributed by atoms with Crippen molar-refractivity contribution < 1.29 is 24.2 Å². The fraction of sp³-hybridized carbons (Fsp3) is 0.323. The van der Waals surface area contributed by atoms with E-state index in [9.17, 15) is 10.0 Å². The molecular formula is C31H38N4O5. The van der Waals surface area contributed by atoms with Gasteiger partial charge in [-0.3, -0.25) is 9.48 Å². The van der Waals surface area contributed by atoms with E-state index in [-0.39, 0.29) is 30.9 Å². The topological polar surface area (TPSA) is 121 Å². The number of allylic oxidation sites excluding steroid dienone is 2. The Balaban J connectivity index is 1.88. The molecule has 40 heavy (non-hydrogen) atoms. The number of benzene rings is 2. The Hall–Kier alpha value is -4.53. The summed E-state index contributed by atoms with van der Waals surface area (Å²) in [7, 11) is 0. The average molecular weight is 547 g/mol. The first-order valence-electron chi connectivity index (χ1n) is 13.3. The first-order chi connectivity index (χ1) is 19.2. The van der Waals surface area contributed by atoms with Crippen molar-refractivity contribution in [2.45, 2.75) is 53.7 Å². The zero-order valence-electron chi connectivity index (χ0n) is 23.8. The van der Waals surface area contributed by atoms with Crippen LogP contribution in [0.1, 0.15) is 67.4 Å². The van der Waals surface area contributed by atoms with Gasteiger partial charge in [0.1, 0.15) is 23.8 Å². The molecule has 0 aliphatic rings. The van der Waals surface area contributed by atoms with Crippen LogP contribution >= 0.6 is 0 Å². The fourth-order valence-electron chi connectivity index (χ4n) is 4.23. The Labute approximate surface area is 235 Å². The van der Waals surface area contributed by atoms with E-state index >= 15 is 0 Å². The van der Waals surface area contributed by atoms with Crippen LogP contribution in [-0.2, 0) is 22.6 Å². The van der Waals surface area contributed by atoms with Gasteiger partial charge < -0.3 is 25.2 Å². The molecule has 0 saturated carbocycles. The number of nitrogens with two attached hydrogens (primary N) is 1. The predicted octanol–water partition coefficient (Wildman–Crippen LogP) is 5.68. The standard InChI is InChI=1S/C31H38N4O5/c1-7-38-29(36)18-23-12-9-10-15-28(23)40-19-26-22(6)27(35(33-26)20(3)4)17-16-21(5)24-13-11-14-25(31(32)34-37)30(24)39-8-2/h9-17,20,37H,5,7-8,18-19H2,1-4,6H3,(H2,32,34)/b17-16-. The van der Waals surface area contributed by atoms with Crippen molar-refractivity contribution in [3.05, 3.63) is 88.8 Å². The number of aromatic nitrogens is 2. The van der Waals surface area contributed by atoms with E-state index in [1.807, 2.05) is 67.1 Å². The number of oxime groups is 1. The van der Waals surface area contributed by atoms with Crippen molar-refractivity contribution in [1.82, 2.24) is 9.78 Å². The van der Waals surface area contributed by atoms with Crippen LogP contribution in [0.5, 0.6) is 11.5 Å². The van der Waals surface area contributed by atoms with Crippen LogP contribution in [0.3, 0.4) is 0 Å². The largest absolute Gasteiger partial charge is 0.492 e. The van der Waals surface area contributed by atoms with Gasteiger partial charge >= 0.3 is 5.97 Å². The molecule has 9 nitrogen and oxygen atoms in total. The molecule has 3 N–H and O–H groups in total. The Morgan fingerprint density at radius 2 is 1.85 bits per heavy atom. The number of rotatable bonds is 13. The lowest BCUT2D eigenvalue weighted by Crippen LogP contribution is -2.15. The lowest BCUT2D eigenvalue weighted by molar-refractivity contribution is -0.142. The van der Waals surface area contributed by atoms with E-state index in [2.05, 4.69) is 25.6 Å². The normalized spacial score (nSPS) is 11.7. The third kappa shape index (κ3) is 7.11. The molecule has 2 aromatic carbocycles. The van der Waals surface area contributed by atoms with Crippen molar-refractivity contribution in [3.63, 3.8) is 0 Å². The number of para-hydroxylation sites is 2. The minimum absolute atomic E-state index is 0.0377. The molecule has 9 heteroatoms. The van der Waals surface area contributed by atoms with Gasteiger partial charge in [0.2, 0.25) is 0 Å². The van der Waals surface area contributed by atoms with Gasteiger partial charge in [-0.1, -0.05) is 48.1 Å². The van der Waals surface area contributed by atoms with Crippen molar-refractivity contribution >= 4 is 23.5 Å². The first-order valence-corrected chi connectivity index (χ1v) is 13.3. The molecule has 0 aliphatic carbocycles. The van der Waals surface area contributed by atoms with Crippen molar-refractivity contribution in [2.75, 3.05) is 13.2 Å². The van der Waals surface area contributed by atoms with E-state index < -0.39 is 0 Å². The molecule has 0 spiro atoms. The van der Waals surface area contributed by atoms with Gasteiger partial charge in [-0.2, -0.15) is 5.10 Å². The summed E-state index contributed by atoms with van der Waals surface area (Å²) in [5.74, 6) is 0.785. The van der Waals surface area contributed by atoms with Gasteiger partial charge in [0.25, 0.3) is 0 Å². The highest BCUT2D eigenvalue weighted by Gasteiger charge is 2.18. The van der Waals surface area contributed by atoms with Gasteiger partial charge in [-0.25, -0.2) is 0 Å². The molecule has 3 aromatic rings. The van der Waals surface area contributed by atoms with Crippen LogP contribution in [0.4, 0.5) is 0 Å². The highest BCUT2D eigenvalue weighted by Crippen LogP contribution is 2.31. The highest BCUT2D eigenvalue weighted by atomic mass is 16.5. The Kier molecular flexibility index (Phi) is 10.5. The molecule has 1 heterocycles. The lowest BCUT2D eigenvalue weighted by atomic mass is 10.0. The van der Waals surface area contributed by atoms with Crippen molar-refractivity contribution in [1.29, 1.82) is 0 Å². The summed E-state index contributed by atoms with van der Waals surface area (Å²) in [6.07, 6.45) is 4.01. The molecule has 0 amide bonds. The second kappa shape index (κ2) is 14.0. The second-order valence-electron chi connectivity index (χ2n) is 9.33. The molecule has 0 radical (unpaired) electrons. The van der Waals surface area contributed by atoms with E-state index in [4.69, 9.17) is 25.0 Å². The minimum Gasteiger partial charge on any atom is -0.492 e. The molecule has 1 aromatic heterocycles. The maximum atomic E-state index is 12.0. The first kappa shape index (κ1) is 30.0. The van der Waals surface area contributed by atoms with Gasteiger partial charge in [0.05, 0.1) is 30.9 Å². The summed E-state index contributed by atoms with van der Waals surface area (Å²) in [4.78, 5) is 12.0. The van der Waals surface area contributed by atoms with Crippen LogP contribution < -0.4 is 15.2 Å². The molecule has 0 unspecified atom stereocenters. The fourth-order valence-corrected chi connectivity index (χ4v) is 4.23. The predicted molar refractivity (Wildman–Crippen MR) is 157 cm³/mol. The van der Waals surface area contributed by atoms with Gasteiger partial charge in [0, 0.05) is 22.7 Å². The van der Waals surface area contributed by atoms with Crippen LogP contribution in [0, 0.1) is 6.92 Å². The third-order valence-electron chi connectivity index (χ3n) is 6.23. The Bertz CT molecular complexity index is 1400. The molecule has 212 valence electrons. The van der Waals surface area contributed by atoms with E-state index in [0.717, 1.165) is 28.1 Å². The molecule has 0 aliphatic heterocycles. The summed E-state index contributed by atoms with van der Waals surface area (Å²) < 4.78 is 19.0. The van der Waals surface area contributed by atoms with Crippen LogP contribution in [0.25, 0.3) is 11.6 Å². The number of carbonyl (C=O) groups is 1. The molecular weight excluding hydrogens is 508 g/mol. The number of nitrogens with zero attached hydrogens (tertiary/aromatic N) is 3. The maximum Gasteiger partial charge on any atom is 0.310 e. The van der Waals surface area contributed by atoms with E-state index in [0.29, 0.717) is 35.8 Å². The molecule has 0 bridgehead atoms. The number of amidine groups is 1. The Morgan fingerprint density at radius 1 is 1.12 bits per heavy atom. The number of esters is 1. The summed E-state index contributed by atoms with van der Waals surface area (Å²) >= 11 is 0. The minimum atomic E-state index is -0.296. The van der Waals surface area contributed by atoms with Crippen LogP contribution in [0.2, 0.25) is 0 Å². The third-order valence-corrected chi connectivity index (χ3v) is 6.23. The summed E-state index contributed by atoms with van der Waals surface area (Å²) in [5.41, 5.74) is 11.2. The molecule has 3 rings (SSSR count). The average Bonchev–Trinajstić information content (AvgIpc) is 3.26. The highest BCUT2D eigenvalue weighted by molar-refractivity contribution is 6.01. The van der Waals surface area contributed by atoms with Crippen LogP contribution in [0.15, 0.2) is 60.3 Å². The van der Waals surface area contributed by atoms with Crippen LogP contribution in [-0.4, -0.2) is 40.0 Å².